The van der Waals surface area contributed by atoms with Crippen LogP contribution in [-0.4, -0.2) is 30.7 Å². The molecule has 1 atom stereocenters. The van der Waals surface area contributed by atoms with E-state index in [1.54, 1.807) is 4.31 Å². The second-order valence-electron chi connectivity index (χ2n) is 5.45. The maximum atomic E-state index is 12.4. The van der Waals surface area contributed by atoms with Crippen molar-refractivity contribution in [2.75, 3.05) is 13.1 Å². The van der Waals surface area contributed by atoms with Crippen LogP contribution >= 0.6 is 0 Å². The van der Waals surface area contributed by atoms with Gasteiger partial charge >= 0.3 is 0 Å². The molecule has 1 unspecified atom stereocenters. The molecule has 0 bridgehead atoms. The Balaban J connectivity index is 2.08. The summed E-state index contributed by atoms with van der Waals surface area (Å²) in [4.78, 5) is 10.1. The Morgan fingerprint density at radius 3 is 2.57 bits per heavy atom. The molecular formula is C14H20N2O4S. The minimum Gasteiger partial charge on any atom is -0.258 e. The predicted molar refractivity (Wildman–Crippen MR) is 80.3 cm³/mol. The third kappa shape index (κ3) is 4.01. The molecular weight excluding hydrogens is 292 g/mol. The summed E-state index contributed by atoms with van der Waals surface area (Å²) in [6, 6.07) is 5.71. The molecule has 7 heteroatoms. The van der Waals surface area contributed by atoms with Crippen molar-refractivity contribution in [2.45, 2.75) is 31.9 Å². The van der Waals surface area contributed by atoms with Gasteiger partial charge in [-0.1, -0.05) is 25.5 Å². The molecule has 1 saturated heterocycles. The highest BCUT2D eigenvalue weighted by molar-refractivity contribution is 7.88. The second-order valence-corrected chi connectivity index (χ2v) is 7.42. The van der Waals surface area contributed by atoms with E-state index in [0.29, 0.717) is 24.6 Å². The van der Waals surface area contributed by atoms with Gasteiger partial charge in [-0.05, 0) is 24.3 Å². The van der Waals surface area contributed by atoms with Gasteiger partial charge in [0.15, 0.2) is 0 Å². The predicted octanol–water partition coefficient (Wildman–Crippen LogP) is 2.55. The lowest BCUT2D eigenvalue weighted by Gasteiger charge is -2.31. The van der Waals surface area contributed by atoms with Gasteiger partial charge in [-0.15, -0.1) is 0 Å². The van der Waals surface area contributed by atoms with E-state index in [1.165, 1.54) is 24.3 Å². The normalized spacial score (nSPS) is 20.3. The minimum atomic E-state index is -3.35. The average molecular weight is 312 g/mol. The van der Waals surface area contributed by atoms with E-state index < -0.39 is 14.9 Å². The molecule has 1 aromatic rings. The number of nitro groups is 1. The summed E-state index contributed by atoms with van der Waals surface area (Å²) < 4.78 is 26.4. The Labute approximate surface area is 125 Å². The molecule has 1 heterocycles. The van der Waals surface area contributed by atoms with Crippen molar-refractivity contribution in [3.05, 3.63) is 39.9 Å². The van der Waals surface area contributed by atoms with Crippen molar-refractivity contribution in [2.24, 2.45) is 5.92 Å². The largest absolute Gasteiger partial charge is 0.269 e. The van der Waals surface area contributed by atoms with E-state index in [0.717, 1.165) is 19.3 Å². The van der Waals surface area contributed by atoms with E-state index in [2.05, 4.69) is 6.92 Å². The summed E-state index contributed by atoms with van der Waals surface area (Å²) in [5, 5.41) is 10.6. The van der Waals surface area contributed by atoms with Crippen LogP contribution in [0.2, 0.25) is 0 Å². The van der Waals surface area contributed by atoms with Crippen molar-refractivity contribution >= 4 is 15.7 Å². The molecule has 1 aromatic carbocycles. The minimum absolute atomic E-state index is 0.0276. The van der Waals surface area contributed by atoms with Gasteiger partial charge in [-0.2, -0.15) is 0 Å². The molecule has 1 aliphatic rings. The molecule has 0 N–H and O–H groups in total. The van der Waals surface area contributed by atoms with Gasteiger partial charge in [0.1, 0.15) is 0 Å². The number of piperidine rings is 1. The van der Waals surface area contributed by atoms with Crippen molar-refractivity contribution in [3.8, 4) is 0 Å². The number of rotatable bonds is 5. The summed E-state index contributed by atoms with van der Waals surface area (Å²) in [6.45, 7) is 3.24. The molecule has 21 heavy (non-hydrogen) atoms. The molecule has 2 rings (SSSR count). The highest BCUT2D eigenvalue weighted by Crippen LogP contribution is 2.23. The maximum Gasteiger partial charge on any atom is 0.269 e. The number of benzene rings is 1. The number of nitro benzene ring substituents is 1. The van der Waals surface area contributed by atoms with E-state index in [4.69, 9.17) is 0 Å². The van der Waals surface area contributed by atoms with Gasteiger partial charge in [0.05, 0.1) is 10.7 Å². The van der Waals surface area contributed by atoms with Crippen LogP contribution in [0.5, 0.6) is 0 Å². The molecule has 0 aromatic heterocycles. The van der Waals surface area contributed by atoms with Crippen molar-refractivity contribution in [3.63, 3.8) is 0 Å². The van der Waals surface area contributed by atoms with Crippen LogP contribution in [0.3, 0.4) is 0 Å². The lowest BCUT2D eigenvalue weighted by atomic mass is 9.97. The van der Waals surface area contributed by atoms with Crippen molar-refractivity contribution in [1.29, 1.82) is 0 Å². The Kier molecular flexibility index (Phi) is 4.95. The van der Waals surface area contributed by atoms with Gasteiger partial charge in [0.25, 0.3) is 5.69 Å². The Hall–Kier alpha value is -1.47. The zero-order valence-corrected chi connectivity index (χ0v) is 12.9. The van der Waals surface area contributed by atoms with Crippen molar-refractivity contribution < 1.29 is 13.3 Å². The summed E-state index contributed by atoms with van der Waals surface area (Å²) in [5.41, 5.74) is 0.555. The molecule has 0 radical (unpaired) electrons. The summed E-state index contributed by atoms with van der Waals surface area (Å²) >= 11 is 0. The SMILES string of the molecule is CCC1CCCN(S(=O)(=O)Cc2ccc([N+](=O)[O-])cc2)C1. The Bertz CT molecular complexity index is 598. The lowest BCUT2D eigenvalue weighted by molar-refractivity contribution is -0.384. The van der Waals surface area contributed by atoms with Gasteiger partial charge in [0.2, 0.25) is 10.0 Å². The zero-order valence-electron chi connectivity index (χ0n) is 12.1. The number of hydrogen-bond acceptors (Lipinski definition) is 4. The number of hydrogen-bond donors (Lipinski definition) is 0. The maximum absolute atomic E-state index is 12.4. The van der Waals surface area contributed by atoms with Gasteiger partial charge in [-0.25, -0.2) is 12.7 Å². The summed E-state index contributed by atoms with van der Waals surface area (Å²) in [6.07, 6.45) is 2.97. The van der Waals surface area contributed by atoms with Crippen LogP contribution in [0.1, 0.15) is 31.7 Å². The fraction of sp³-hybridized carbons (Fsp3) is 0.571. The van der Waals surface area contributed by atoms with Gasteiger partial charge < -0.3 is 0 Å². The van der Waals surface area contributed by atoms with Crippen LogP contribution in [0.15, 0.2) is 24.3 Å². The van der Waals surface area contributed by atoms with Crippen LogP contribution in [0.4, 0.5) is 5.69 Å². The Morgan fingerprint density at radius 2 is 2.00 bits per heavy atom. The van der Waals surface area contributed by atoms with Gasteiger partial charge in [0, 0.05) is 25.2 Å². The number of sulfonamides is 1. The summed E-state index contributed by atoms with van der Waals surface area (Å²) in [7, 11) is -3.35. The summed E-state index contributed by atoms with van der Waals surface area (Å²) in [5.74, 6) is 0.340. The van der Waals surface area contributed by atoms with Crippen LogP contribution < -0.4 is 0 Å². The highest BCUT2D eigenvalue weighted by atomic mass is 32.2. The standard InChI is InChI=1S/C14H20N2O4S/c1-2-12-4-3-9-15(10-12)21(19,20)11-13-5-7-14(8-6-13)16(17)18/h5-8,12H,2-4,9-11H2,1H3. The zero-order chi connectivity index (χ0) is 15.5. The molecule has 116 valence electrons. The smallest absolute Gasteiger partial charge is 0.258 e. The topological polar surface area (TPSA) is 80.5 Å². The van der Waals surface area contributed by atoms with E-state index in [1.807, 2.05) is 0 Å². The second kappa shape index (κ2) is 6.53. The quantitative estimate of drug-likeness (QED) is 0.618. The monoisotopic (exact) mass is 312 g/mol. The highest BCUT2D eigenvalue weighted by Gasteiger charge is 2.28. The molecule has 1 fully saturated rings. The molecule has 6 nitrogen and oxygen atoms in total. The number of nitrogens with zero attached hydrogens (tertiary/aromatic N) is 2. The first-order valence-electron chi connectivity index (χ1n) is 7.13. The van der Waals surface area contributed by atoms with E-state index in [9.17, 15) is 18.5 Å². The van der Waals surface area contributed by atoms with Crippen LogP contribution in [0.25, 0.3) is 0 Å². The third-order valence-corrected chi connectivity index (χ3v) is 5.77. The fourth-order valence-electron chi connectivity index (χ4n) is 2.63. The molecule has 0 amide bonds. The van der Waals surface area contributed by atoms with Gasteiger partial charge in [-0.3, -0.25) is 10.1 Å². The lowest BCUT2D eigenvalue weighted by Crippen LogP contribution is -2.40. The first-order valence-corrected chi connectivity index (χ1v) is 8.74. The number of non-ortho nitro benzene ring substituents is 1. The Morgan fingerprint density at radius 1 is 1.33 bits per heavy atom. The van der Waals surface area contributed by atoms with Crippen molar-refractivity contribution in [1.82, 2.24) is 4.31 Å². The molecule has 0 aliphatic carbocycles. The molecule has 0 saturated carbocycles. The molecule has 0 spiro atoms. The molecule has 1 aliphatic heterocycles. The first-order chi connectivity index (χ1) is 9.92. The average Bonchev–Trinajstić information content (AvgIpc) is 2.47. The van der Waals surface area contributed by atoms with Crippen LogP contribution in [0, 0.1) is 16.0 Å². The first kappa shape index (κ1) is 15.9. The fourth-order valence-corrected chi connectivity index (χ4v) is 4.27. The van der Waals surface area contributed by atoms with Crippen LogP contribution in [-0.2, 0) is 15.8 Å². The third-order valence-electron chi connectivity index (χ3n) is 3.95. The van der Waals surface area contributed by atoms with E-state index in [-0.39, 0.29) is 11.4 Å². The van der Waals surface area contributed by atoms with E-state index >= 15 is 0 Å².